The predicted octanol–water partition coefficient (Wildman–Crippen LogP) is 4.49. The molecule has 3 N–H and O–H groups in total. The molecule has 0 fully saturated rings. The van der Waals surface area contributed by atoms with Gasteiger partial charge >= 0.3 is 0 Å². The first-order valence-corrected chi connectivity index (χ1v) is 8.69. The van der Waals surface area contributed by atoms with Crippen molar-refractivity contribution in [3.05, 3.63) is 29.3 Å². The van der Waals surface area contributed by atoms with Gasteiger partial charge < -0.3 is 16.0 Å². The molecule has 0 aliphatic carbocycles. The van der Waals surface area contributed by atoms with E-state index >= 15 is 0 Å². The maximum Gasteiger partial charge on any atom is 0.228 e. The summed E-state index contributed by atoms with van der Waals surface area (Å²) in [5.41, 5.74) is 0.600. The Balaban J connectivity index is 2.72. The number of thiocarbonyl (C=S) groups is 1. The molecular weight excluding hydrogens is 400 g/mol. The van der Waals surface area contributed by atoms with E-state index in [4.69, 9.17) is 58.6 Å². The van der Waals surface area contributed by atoms with E-state index in [9.17, 15) is 4.79 Å². The zero-order chi connectivity index (χ0) is 17.6. The van der Waals surface area contributed by atoms with Crippen LogP contribution in [0.4, 0.5) is 5.69 Å². The first kappa shape index (κ1) is 20.6. The molecule has 1 atom stereocenters. The smallest absolute Gasteiger partial charge is 0.228 e. The number of alkyl halides is 3. The van der Waals surface area contributed by atoms with Crippen LogP contribution in [0.2, 0.25) is 5.02 Å². The van der Waals surface area contributed by atoms with Crippen LogP contribution in [0.15, 0.2) is 24.3 Å². The van der Waals surface area contributed by atoms with Crippen LogP contribution in [0, 0.1) is 5.92 Å². The second kappa shape index (κ2) is 9.14. The Labute approximate surface area is 161 Å². The third-order valence-corrected chi connectivity index (χ3v) is 3.83. The van der Waals surface area contributed by atoms with Crippen LogP contribution in [-0.2, 0) is 4.79 Å². The van der Waals surface area contributed by atoms with Crippen molar-refractivity contribution in [2.75, 3.05) is 5.32 Å². The highest BCUT2D eigenvalue weighted by atomic mass is 35.6. The molecule has 0 spiro atoms. The maximum atomic E-state index is 11.9. The van der Waals surface area contributed by atoms with E-state index in [1.165, 1.54) is 0 Å². The third-order valence-electron chi connectivity index (χ3n) is 2.62. The second-order valence-corrected chi connectivity index (χ2v) is 8.40. The van der Waals surface area contributed by atoms with Gasteiger partial charge in [0.2, 0.25) is 9.70 Å². The number of amides is 1. The molecule has 0 radical (unpaired) electrons. The molecule has 9 heteroatoms. The number of carbonyl (C=O) groups is 1. The minimum absolute atomic E-state index is 0.166. The number of hydrogen-bond donors (Lipinski definition) is 3. The number of para-hydroxylation sites is 1. The molecule has 1 aromatic rings. The summed E-state index contributed by atoms with van der Waals surface area (Å²) in [4.78, 5) is 11.9. The summed E-state index contributed by atoms with van der Waals surface area (Å²) in [7, 11) is 0. The van der Waals surface area contributed by atoms with Crippen LogP contribution in [0.25, 0.3) is 0 Å². The van der Waals surface area contributed by atoms with Crippen molar-refractivity contribution in [2.24, 2.45) is 5.92 Å². The summed E-state index contributed by atoms with van der Waals surface area (Å²) in [6, 6.07) is 7.05. The van der Waals surface area contributed by atoms with Crippen LogP contribution < -0.4 is 16.0 Å². The van der Waals surface area contributed by atoms with Gasteiger partial charge in [0.15, 0.2) is 5.11 Å². The molecule has 0 heterocycles. The first-order valence-electron chi connectivity index (χ1n) is 6.77. The lowest BCUT2D eigenvalue weighted by atomic mass is 10.1. The lowest BCUT2D eigenvalue weighted by Gasteiger charge is -2.28. The molecule has 0 bridgehead atoms. The summed E-state index contributed by atoms with van der Waals surface area (Å²) in [6.45, 7) is 3.84. The largest absolute Gasteiger partial charge is 0.339 e. The van der Waals surface area contributed by atoms with Crippen molar-refractivity contribution in [3.8, 4) is 0 Å². The minimum atomic E-state index is -1.78. The predicted molar refractivity (Wildman–Crippen MR) is 102 cm³/mol. The van der Waals surface area contributed by atoms with Crippen LogP contribution in [0.5, 0.6) is 0 Å². The Morgan fingerprint density at radius 1 is 1.22 bits per heavy atom. The molecule has 0 saturated carbocycles. The molecule has 1 rings (SSSR count). The van der Waals surface area contributed by atoms with Gasteiger partial charge in [0, 0.05) is 6.42 Å². The average Bonchev–Trinajstić information content (AvgIpc) is 2.38. The standard InChI is InChI=1S/C14H17Cl4N3OS/c1-8(2)7-11(22)20-12(14(16,17)18)21-13(23)19-10-6-4-3-5-9(10)15/h3-6,8,12H,7H2,1-2H3,(H,20,22)(H2,19,21,23). The van der Waals surface area contributed by atoms with E-state index in [1.54, 1.807) is 24.3 Å². The zero-order valence-electron chi connectivity index (χ0n) is 12.5. The van der Waals surface area contributed by atoms with Crippen molar-refractivity contribution in [1.82, 2.24) is 10.6 Å². The van der Waals surface area contributed by atoms with Crippen LogP contribution in [-0.4, -0.2) is 21.0 Å². The molecule has 1 aromatic carbocycles. The quantitative estimate of drug-likeness (QED) is 0.376. The average molecular weight is 417 g/mol. The zero-order valence-corrected chi connectivity index (χ0v) is 16.3. The second-order valence-electron chi connectivity index (χ2n) is 5.22. The number of nitrogens with one attached hydrogen (secondary N) is 3. The molecule has 0 aromatic heterocycles. The summed E-state index contributed by atoms with van der Waals surface area (Å²) in [6.07, 6.45) is -0.676. The number of hydrogen-bond acceptors (Lipinski definition) is 2. The van der Waals surface area contributed by atoms with Gasteiger partial charge in [-0.3, -0.25) is 4.79 Å². The lowest BCUT2D eigenvalue weighted by Crippen LogP contribution is -2.56. The normalized spacial score (nSPS) is 12.7. The molecule has 0 saturated heterocycles. The Hall–Kier alpha value is -0.460. The molecule has 4 nitrogen and oxygen atoms in total. The lowest BCUT2D eigenvalue weighted by molar-refractivity contribution is -0.122. The van der Waals surface area contributed by atoms with Crippen LogP contribution in [0.3, 0.4) is 0 Å². The van der Waals surface area contributed by atoms with Crippen LogP contribution >= 0.6 is 58.6 Å². The van der Waals surface area contributed by atoms with Crippen LogP contribution in [0.1, 0.15) is 20.3 Å². The van der Waals surface area contributed by atoms with E-state index < -0.39 is 9.96 Å². The highest BCUT2D eigenvalue weighted by Crippen LogP contribution is 2.29. The fourth-order valence-corrected chi connectivity index (χ4v) is 2.38. The van der Waals surface area contributed by atoms with E-state index in [-0.39, 0.29) is 16.9 Å². The molecular formula is C14H17Cl4N3OS. The third kappa shape index (κ3) is 7.77. The van der Waals surface area contributed by atoms with Crippen molar-refractivity contribution in [3.63, 3.8) is 0 Å². The van der Waals surface area contributed by atoms with E-state index in [0.29, 0.717) is 17.1 Å². The van der Waals surface area contributed by atoms with Crippen molar-refractivity contribution < 1.29 is 4.79 Å². The van der Waals surface area contributed by atoms with Gasteiger partial charge in [-0.2, -0.15) is 0 Å². The summed E-state index contributed by atoms with van der Waals surface area (Å²) >= 11 is 28.9. The number of rotatable bonds is 5. The van der Waals surface area contributed by atoms with Crippen molar-refractivity contribution >= 4 is 75.3 Å². The molecule has 0 aliphatic heterocycles. The van der Waals surface area contributed by atoms with Gasteiger partial charge in [-0.15, -0.1) is 0 Å². The van der Waals surface area contributed by atoms with Gasteiger partial charge in [0.25, 0.3) is 0 Å². The summed E-state index contributed by atoms with van der Waals surface area (Å²) < 4.78 is -1.78. The monoisotopic (exact) mass is 415 g/mol. The van der Waals surface area contributed by atoms with E-state index in [2.05, 4.69) is 16.0 Å². The Morgan fingerprint density at radius 2 is 1.83 bits per heavy atom. The number of carbonyl (C=O) groups excluding carboxylic acids is 1. The SMILES string of the molecule is CC(C)CC(=O)NC(NC(=S)Nc1ccccc1Cl)C(Cl)(Cl)Cl. The topological polar surface area (TPSA) is 53.2 Å². The maximum absolute atomic E-state index is 11.9. The van der Waals surface area contributed by atoms with Gasteiger partial charge in [0.05, 0.1) is 10.7 Å². The summed E-state index contributed by atoms with van der Waals surface area (Å²) in [5.74, 6) is -0.0661. The Bertz CT molecular complexity index is 563. The summed E-state index contributed by atoms with van der Waals surface area (Å²) in [5, 5.41) is 8.93. The highest BCUT2D eigenvalue weighted by molar-refractivity contribution is 7.80. The van der Waals surface area contributed by atoms with Gasteiger partial charge in [0.1, 0.15) is 6.17 Å². The number of halogens is 4. The fraction of sp³-hybridized carbons (Fsp3) is 0.429. The minimum Gasteiger partial charge on any atom is -0.339 e. The molecule has 23 heavy (non-hydrogen) atoms. The van der Waals surface area contributed by atoms with Crippen molar-refractivity contribution in [2.45, 2.75) is 30.2 Å². The highest BCUT2D eigenvalue weighted by Gasteiger charge is 2.34. The molecule has 0 aliphatic rings. The van der Waals surface area contributed by atoms with Gasteiger partial charge in [-0.05, 0) is 30.3 Å². The Morgan fingerprint density at radius 3 is 2.35 bits per heavy atom. The number of benzene rings is 1. The van der Waals surface area contributed by atoms with Crippen molar-refractivity contribution in [1.29, 1.82) is 0 Å². The van der Waals surface area contributed by atoms with Gasteiger partial charge in [-0.1, -0.05) is 72.4 Å². The molecule has 1 amide bonds. The first-order chi connectivity index (χ1) is 10.6. The molecule has 128 valence electrons. The fourth-order valence-electron chi connectivity index (χ4n) is 1.64. The Kier molecular flexibility index (Phi) is 8.18. The van der Waals surface area contributed by atoms with Gasteiger partial charge in [-0.25, -0.2) is 0 Å². The molecule has 1 unspecified atom stereocenters. The van der Waals surface area contributed by atoms with E-state index in [0.717, 1.165) is 0 Å². The number of anilines is 1. The van der Waals surface area contributed by atoms with E-state index in [1.807, 2.05) is 13.8 Å².